The molecule has 158 valence electrons. The van der Waals surface area contributed by atoms with Gasteiger partial charge in [0, 0.05) is 30.3 Å². The molecule has 0 fully saturated rings. The first-order valence-corrected chi connectivity index (χ1v) is 11.2. The molecule has 1 aliphatic rings. The molecule has 0 bridgehead atoms. The van der Waals surface area contributed by atoms with Gasteiger partial charge in [-0.2, -0.15) is 0 Å². The number of amides is 1. The Morgan fingerprint density at radius 3 is 2.64 bits per heavy atom. The Labute approximate surface area is 167 Å². The predicted octanol–water partition coefficient (Wildman–Crippen LogP) is 0.769. The second-order valence-electron chi connectivity index (χ2n) is 7.85. The number of hydrogen-bond donors (Lipinski definition) is 2. The third-order valence-corrected chi connectivity index (χ3v) is 5.37. The van der Waals surface area contributed by atoms with Crippen molar-refractivity contribution in [2.75, 3.05) is 44.8 Å². The smallest absolute Gasteiger partial charge is 0.229 e. The lowest BCUT2D eigenvalue weighted by Crippen LogP contribution is -2.47. The number of ether oxygens (including phenoxy) is 1. The van der Waals surface area contributed by atoms with Gasteiger partial charge in [0.2, 0.25) is 15.9 Å². The van der Waals surface area contributed by atoms with Crippen molar-refractivity contribution in [2.45, 2.75) is 32.4 Å². The van der Waals surface area contributed by atoms with Crippen molar-refractivity contribution in [1.82, 2.24) is 9.80 Å². The van der Waals surface area contributed by atoms with Gasteiger partial charge in [0.05, 0.1) is 25.3 Å². The minimum absolute atomic E-state index is 0.0418. The van der Waals surface area contributed by atoms with E-state index in [0.717, 1.165) is 6.26 Å². The van der Waals surface area contributed by atoms with Crippen LogP contribution >= 0.6 is 0 Å². The molecular formula is C19H31N3O5S. The Morgan fingerprint density at radius 1 is 1.39 bits per heavy atom. The van der Waals surface area contributed by atoms with E-state index in [0.29, 0.717) is 30.1 Å². The highest BCUT2D eigenvalue weighted by Gasteiger charge is 2.30. The first-order chi connectivity index (χ1) is 13.0. The van der Waals surface area contributed by atoms with Gasteiger partial charge in [-0.25, -0.2) is 8.42 Å². The number of hydrogen-bond acceptors (Lipinski definition) is 6. The molecule has 2 N–H and O–H groups in total. The van der Waals surface area contributed by atoms with Crippen molar-refractivity contribution >= 4 is 21.6 Å². The van der Waals surface area contributed by atoms with Gasteiger partial charge in [-0.1, -0.05) is 6.92 Å². The largest absolute Gasteiger partial charge is 0.488 e. The molecular weight excluding hydrogens is 382 g/mol. The van der Waals surface area contributed by atoms with Gasteiger partial charge >= 0.3 is 0 Å². The fraction of sp³-hybridized carbons (Fsp3) is 0.632. The summed E-state index contributed by atoms with van der Waals surface area (Å²) in [5.41, 5.74) is 1.00. The molecule has 0 radical (unpaired) electrons. The van der Waals surface area contributed by atoms with Crippen LogP contribution < -0.4 is 9.46 Å². The van der Waals surface area contributed by atoms with E-state index in [1.54, 1.807) is 23.1 Å². The van der Waals surface area contributed by atoms with E-state index >= 15 is 0 Å². The molecule has 1 aromatic rings. The second-order valence-corrected chi connectivity index (χ2v) is 9.60. The lowest BCUT2D eigenvalue weighted by atomic mass is 10.0. The van der Waals surface area contributed by atoms with Crippen molar-refractivity contribution in [3.05, 3.63) is 23.8 Å². The van der Waals surface area contributed by atoms with Gasteiger partial charge in [0.25, 0.3) is 0 Å². The zero-order valence-electron chi connectivity index (χ0n) is 17.2. The van der Waals surface area contributed by atoms with E-state index in [9.17, 15) is 18.3 Å². The third-order valence-electron chi connectivity index (χ3n) is 4.76. The van der Waals surface area contributed by atoms with Gasteiger partial charge in [-0.15, -0.1) is 0 Å². The highest BCUT2D eigenvalue weighted by Crippen LogP contribution is 2.29. The maximum Gasteiger partial charge on any atom is 0.229 e. The van der Waals surface area contributed by atoms with Crippen molar-refractivity contribution < 1.29 is 23.1 Å². The van der Waals surface area contributed by atoms with Crippen molar-refractivity contribution in [3.63, 3.8) is 0 Å². The van der Waals surface area contributed by atoms with Gasteiger partial charge in [0.15, 0.2) is 0 Å². The lowest BCUT2D eigenvalue weighted by Gasteiger charge is -2.33. The molecule has 8 nitrogen and oxygen atoms in total. The van der Waals surface area contributed by atoms with Gasteiger partial charge < -0.3 is 19.6 Å². The molecule has 0 spiro atoms. The number of benzene rings is 1. The molecule has 2 rings (SSSR count). The molecule has 9 heteroatoms. The quantitative estimate of drug-likeness (QED) is 0.715. The number of nitrogens with one attached hydrogen (secondary N) is 1. The Bertz CT molecular complexity index is 797. The highest BCUT2D eigenvalue weighted by atomic mass is 32.2. The predicted molar refractivity (Wildman–Crippen MR) is 109 cm³/mol. The van der Waals surface area contributed by atoms with Crippen LogP contribution in [-0.2, 0) is 21.2 Å². The Hall–Kier alpha value is -1.84. The number of aliphatic hydroxyl groups excluding tert-OH is 1. The monoisotopic (exact) mass is 413 g/mol. The van der Waals surface area contributed by atoms with E-state index in [2.05, 4.69) is 4.72 Å². The lowest BCUT2D eigenvalue weighted by molar-refractivity contribution is -0.134. The minimum Gasteiger partial charge on any atom is -0.488 e. The van der Waals surface area contributed by atoms with Crippen LogP contribution in [0.3, 0.4) is 0 Å². The molecule has 1 amide bonds. The summed E-state index contributed by atoms with van der Waals surface area (Å²) >= 11 is 0. The van der Waals surface area contributed by atoms with Crippen LogP contribution in [0.4, 0.5) is 5.69 Å². The first-order valence-electron chi connectivity index (χ1n) is 9.32. The van der Waals surface area contributed by atoms with Crippen LogP contribution in [0.5, 0.6) is 5.75 Å². The van der Waals surface area contributed by atoms with E-state index < -0.39 is 10.0 Å². The van der Waals surface area contributed by atoms with E-state index in [4.69, 9.17) is 4.74 Å². The fourth-order valence-electron chi connectivity index (χ4n) is 3.28. The normalized spacial score (nSPS) is 22.0. The summed E-state index contributed by atoms with van der Waals surface area (Å²) in [5.74, 6) is 0.491. The summed E-state index contributed by atoms with van der Waals surface area (Å²) < 4.78 is 31.8. The van der Waals surface area contributed by atoms with E-state index in [1.165, 1.54) is 0 Å². The number of fused-ring (bicyclic) bond motifs is 1. The van der Waals surface area contributed by atoms with Gasteiger partial charge in [0.1, 0.15) is 11.9 Å². The summed E-state index contributed by atoms with van der Waals surface area (Å²) in [4.78, 5) is 16.7. The molecule has 0 unspecified atom stereocenters. The topological polar surface area (TPSA) is 99.2 Å². The summed E-state index contributed by atoms with van der Waals surface area (Å²) in [6.45, 7) is 4.86. The number of carbonyl (C=O) groups is 1. The number of aliphatic hydroxyl groups is 1. The number of sulfonamides is 1. The zero-order valence-corrected chi connectivity index (χ0v) is 18.0. The average Bonchev–Trinajstić information content (AvgIpc) is 2.62. The molecule has 0 saturated heterocycles. The SMILES string of the molecule is C[C@H]1CN([C@@H](C)CO)C(=O)Cc2cc(NS(C)(=O)=O)ccc2O[C@H]1CN(C)C. The number of rotatable bonds is 6. The summed E-state index contributed by atoms with van der Waals surface area (Å²) in [5, 5.41) is 9.59. The Balaban J connectivity index is 2.46. The highest BCUT2D eigenvalue weighted by molar-refractivity contribution is 7.92. The van der Waals surface area contributed by atoms with Crippen molar-refractivity contribution in [3.8, 4) is 5.75 Å². The summed E-state index contributed by atoms with van der Waals surface area (Å²) in [6.07, 6.45) is 0.984. The summed E-state index contributed by atoms with van der Waals surface area (Å²) in [6, 6.07) is 4.66. The molecule has 1 aliphatic heterocycles. The Morgan fingerprint density at radius 2 is 2.07 bits per heavy atom. The first kappa shape index (κ1) is 22.4. The van der Waals surface area contributed by atoms with Crippen LogP contribution in [0.2, 0.25) is 0 Å². The maximum atomic E-state index is 13.0. The standard InChI is InChI=1S/C19H31N3O5S/c1-13-10-22(14(2)12-23)19(24)9-15-8-16(20-28(5,25)26)6-7-17(15)27-18(13)11-21(3)4/h6-8,13-14,18,20,23H,9-12H2,1-5H3/t13-,14-,18-/m0/s1. The number of carbonyl (C=O) groups excluding carboxylic acids is 1. The van der Waals surface area contributed by atoms with Gasteiger partial charge in [-0.05, 0) is 39.2 Å². The molecule has 0 aliphatic carbocycles. The summed E-state index contributed by atoms with van der Waals surface area (Å²) in [7, 11) is 0.490. The van der Waals surface area contributed by atoms with Crippen molar-refractivity contribution in [1.29, 1.82) is 0 Å². The van der Waals surface area contributed by atoms with Crippen LogP contribution in [0.15, 0.2) is 18.2 Å². The van der Waals surface area contributed by atoms with Crippen LogP contribution in [0.1, 0.15) is 19.4 Å². The molecule has 1 aromatic carbocycles. The van der Waals surface area contributed by atoms with Crippen molar-refractivity contribution in [2.24, 2.45) is 5.92 Å². The number of anilines is 1. The average molecular weight is 414 g/mol. The fourth-order valence-corrected chi connectivity index (χ4v) is 3.84. The third kappa shape index (κ3) is 6.08. The maximum absolute atomic E-state index is 13.0. The van der Waals surface area contributed by atoms with Gasteiger partial charge in [-0.3, -0.25) is 9.52 Å². The molecule has 0 saturated carbocycles. The minimum atomic E-state index is -3.43. The van der Waals surface area contributed by atoms with E-state index in [-0.39, 0.29) is 37.0 Å². The molecule has 28 heavy (non-hydrogen) atoms. The Kier molecular flexibility index (Phi) is 7.30. The molecule has 0 aromatic heterocycles. The van der Waals surface area contributed by atoms with Crippen LogP contribution in [-0.4, -0.2) is 81.4 Å². The van der Waals surface area contributed by atoms with E-state index in [1.807, 2.05) is 32.8 Å². The molecule has 1 heterocycles. The van der Waals surface area contributed by atoms with Crippen LogP contribution in [0.25, 0.3) is 0 Å². The zero-order chi connectivity index (χ0) is 21.1. The second kappa shape index (κ2) is 9.11. The molecule has 3 atom stereocenters. The number of nitrogens with zero attached hydrogens (tertiary/aromatic N) is 2. The van der Waals surface area contributed by atoms with Crippen LogP contribution in [0, 0.1) is 5.92 Å². The number of likely N-dealkylation sites (N-methyl/N-ethyl adjacent to an activating group) is 1.